The Labute approximate surface area is 78.7 Å². The molecule has 1 heterocycles. The van der Waals surface area contributed by atoms with Crippen molar-refractivity contribution in [3.05, 3.63) is 0 Å². The largest absolute Gasteiger partial charge is 0.376 e. The Morgan fingerprint density at radius 2 is 2.42 bits per heavy atom. The molecule has 3 N–H and O–H groups in total. The summed E-state index contributed by atoms with van der Waals surface area (Å²) in [5, 5.41) is 3.35. The molecule has 0 aromatic rings. The number of hydrogen-bond acceptors (Lipinski definition) is 2. The van der Waals surface area contributed by atoms with Gasteiger partial charge in [-0.05, 0) is 38.4 Å². The van der Waals surface area contributed by atoms with E-state index in [0.717, 1.165) is 13.0 Å². The summed E-state index contributed by atoms with van der Waals surface area (Å²) in [5.74, 6) is 0. The standard InChI is InChI=1S/C8H16N2OS/c1-6(10-8(9)12)7-4-2-3-5-11-7/h6-7H,2-5H2,1H3,(H3,9,10,12). The first-order valence-electron chi connectivity index (χ1n) is 4.37. The molecule has 0 radical (unpaired) electrons. The van der Waals surface area contributed by atoms with Gasteiger partial charge in [-0.15, -0.1) is 0 Å². The molecule has 2 atom stereocenters. The van der Waals surface area contributed by atoms with Crippen LogP contribution in [0, 0.1) is 0 Å². The van der Waals surface area contributed by atoms with Crippen molar-refractivity contribution in [2.45, 2.75) is 38.3 Å². The van der Waals surface area contributed by atoms with Crippen LogP contribution in [-0.2, 0) is 4.74 Å². The van der Waals surface area contributed by atoms with E-state index in [2.05, 4.69) is 12.2 Å². The second kappa shape index (κ2) is 4.62. The van der Waals surface area contributed by atoms with E-state index in [9.17, 15) is 0 Å². The minimum Gasteiger partial charge on any atom is -0.376 e. The molecule has 0 bridgehead atoms. The third-order valence-corrected chi connectivity index (χ3v) is 2.26. The van der Waals surface area contributed by atoms with E-state index < -0.39 is 0 Å². The van der Waals surface area contributed by atoms with Crippen LogP contribution in [0.1, 0.15) is 26.2 Å². The van der Waals surface area contributed by atoms with Gasteiger partial charge in [0.25, 0.3) is 0 Å². The summed E-state index contributed by atoms with van der Waals surface area (Å²) in [6.07, 6.45) is 3.81. The highest BCUT2D eigenvalue weighted by Gasteiger charge is 2.20. The molecule has 3 nitrogen and oxygen atoms in total. The van der Waals surface area contributed by atoms with Crippen LogP contribution < -0.4 is 11.1 Å². The van der Waals surface area contributed by atoms with Crippen molar-refractivity contribution in [3.8, 4) is 0 Å². The van der Waals surface area contributed by atoms with Gasteiger partial charge in [0.05, 0.1) is 12.1 Å². The van der Waals surface area contributed by atoms with Gasteiger partial charge >= 0.3 is 0 Å². The molecule has 1 saturated heterocycles. The Morgan fingerprint density at radius 3 is 2.92 bits per heavy atom. The molecule has 12 heavy (non-hydrogen) atoms. The van der Waals surface area contributed by atoms with E-state index in [1.165, 1.54) is 12.8 Å². The maximum Gasteiger partial charge on any atom is 0.163 e. The van der Waals surface area contributed by atoms with Crippen molar-refractivity contribution < 1.29 is 4.74 Å². The zero-order valence-electron chi connectivity index (χ0n) is 7.38. The van der Waals surface area contributed by atoms with E-state index in [0.29, 0.717) is 5.11 Å². The second-order valence-corrected chi connectivity index (χ2v) is 3.64. The molecule has 0 aliphatic carbocycles. The lowest BCUT2D eigenvalue weighted by atomic mass is 10.0. The quantitative estimate of drug-likeness (QED) is 0.629. The minimum absolute atomic E-state index is 0.239. The van der Waals surface area contributed by atoms with Crippen molar-refractivity contribution in [1.29, 1.82) is 0 Å². The van der Waals surface area contributed by atoms with E-state index >= 15 is 0 Å². The molecule has 1 aliphatic heterocycles. The van der Waals surface area contributed by atoms with Gasteiger partial charge in [-0.2, -0.15) is 0 Å². The Bertz CT molecular complexity index is 157. The number of hydrogen-bond donors (Lipinski definition) is 2. The number of thiocarbonyl (C=S) groups is 1. The van der Waals surface area contributed by atoms with Crippen molar-refractivity contribution in [2.24, 2.45) is 5.73 Å². The molecule has 0 aromatic heterocycles. The molecule has 70 valence electrons. The van der Waals surface area contributed by atoms with Crippen molar-refractivity contribution in [3.63, 3.8) is 0 Å². The monoisotopic (exact) mass is 188 g/mol. The lowest BCUT2D eigenvalue weighted by Crippen LogP contribution is -2.45. The van der Waals surface area contributed by atoms with Crippen LogP contribution in [0.5, 0.6) is 0 Å². The van der Waals surface area contributed by atoms with Gasteiger partial charge in [-0.1, -0.05) is 0 Å². The SMILES string of the molecule is CC(NC(N)=S)C1CCCCO1. The number of rotatable bonds is 2. The summed E-state index contributed by atoms with van der Waals surface area (Å²) >= 11 is 4.75. The average Bonchev–Trinajstić information content (AvgIpc) is 2.05. The van der Waals surface area contributed by atoms with E-state index in [1.807, 2.05) is 0 Å². The second-order valence-electron chi connectivity index (χ2n) is 3.20. The fourth-order valence-electron chi connectivity index (χ4n) is 1.48. The lowest BCUT2D eigenvalue weighted by Gasteiger charge is -2.28. The smallest absolute Gasteiger partial charge is 0.163 e. The Morgan fingerprint density at radius 1 is 1.67 bits per heavy atom. The van der Waals surface area contributed by atoms with Crippen LogP contribution in [0.4, 0.5) is 0 Å². The highest BCUT2D eigenvalue weighted by atomic mass is 32.1. The molecular weight excluding hydrogens is 172 g/mol. The van der Waals surface area contributed by atoms with Gasteiger partial charge in [0, 0.05) is 6.61 Å². The first-order chi connectivity index (χ1) is 5.70. The highest BCUT2D eigenvalue weighted by molar-refractivity contribution is 7.80. The molecule has 2 unspecified atom stereocenters. The summed E-state index contributed by atoms with van der Waals surface area (Å²) in [4.78, 5) is 0. The molecule has 0 amide bonds. The summed E-state index contributed by atoms with van der Waals surface area (Å²) in [6, 6.07) is 0.239. The van der Waals surface area contributed by atoms with Crippen LogP contribution in [0.25, 0.3) is 0 Å². The summed E-state index contributed by atoms with van der Waals surface area (Å²) < 4.78 is 5.56. The first-order valence-corrected chi connectivity index (χ1v) is 4.78. The maximum atomic E-state index is 5.56. The van der Waals surface area contributed by atoms with Gasteiger partial charge in [0.15, 0.2) is 5.11 Å². The van der Waals surface area contributed by atoms with E-state index in [1.54, 1.807) is 0 Å². The summed E-state index contributed by atoms with van der Waals surface area (Å²) in [6.45, 7) is 2.92. The summed E-state index contributed by atoms with van der Waals surface area (Å²) in [5.41, 5.74) is 5.36. The van der Waals surface area contributed by atoms with Crippen LogP contribution in [-0.4, -0.2) is 23.9 Å². The summed E-state index contributed by atoms with van der Waals surface area (Å²) in [7, 11) is 0. The zero-order valence-corrected chi connectivity index (χ0v) is 8.19. The Hall–Kier alpha value is -0.350. The third kappa shape index (κ3) is 2.95. The number of ether oxygens (including phenoxy) is 1. The third-order valence-electron chi connectivity index (χ3n) is 2.14. The van der Waals surface area contributed by atoms with Gasteiger partial charge < -0.3 is 15.8 Å². The van der Waals surface area contributed by atoms with Gasteiger partial charge in [0.1, 0.15) is 0 Å². The fraction of sp³-hybridized carbons (Fsp3) is 0.875. The predicted octanol–water partition coefficient (Wildman–Crippen LogP) is 0.777. The average molecular weight is 188 g/mol. The number of nitrogens with two attached hydrogens (primary N) is 1. The molecule has 0 saturated carbocycles. The lowest BCUT2D eigenvalue weighted by molar-refractivity contribution is 0.000187. The molecular formula is C8H16N2OS. The van der Waals surface area contributed by atoms with Crippen molar-refractivity contribution in [1.82, 2.24) is 5.32 Å². The fourth-order valence-corrected chi connectivity index (χ4v) is 1.66. The molecule has 1 aliphatic rings. The van der Waals surface area contributed by atoms with Crippen LogP contribution >= 0.6 is 12.2 Å². The highest BCUT2D eigenvalue weighted by Crippen LogP contribution is 2.15. The molecule has 0 aromatic carbocycles. The zero-order chi connectivity index (χ0) is 8.97. The van der Waals surface area contributed by atoms with E-state index in [4.69, 9.17) is 22.7 Å². The molecule has 1 rings (SSSR count). The first kappa shape index (κ1) is 9.74. The predicted molar refractivity (Wildman–Crippen MR) is 53.0 cm³/mol. The van der Waals surface area contributed by atoms with E-state index in [-0.39, 0.29) is 12.1 Å². The van der Waals surface area contributed by atoms with Gasteiger partial charge in [0.2, 0.25) is 0 Å². The Balaban J connectivity index is 2.29. The normalized spacial score (nSPS) is 26.2. The topological polar surface area (TPSA) is 47.3 Å². The molecule has 1 fully saturated rings. The van der Waals surface area contributed by atoms with Crippen molar-refractivity contribution >= 4 is 17.3 Å². The minimum atomic E-state index is 0.239. The van der Waals surface area contributed by atoms with Gasteiger partial charge in [-0.3, -0.25) is 0 Å². The van der Waals surface area contributed by atoms with Gasteiger partial charge in [-0.25, -0.2) is 0 Å². The Kier molecular flexibility index (Phi) is 3.75. The molecule has 4 heteroatoms. The van der Waals surface area contributed by atoms with Crippen LogP contribution in [0.2, 0.25) is 0 Å². The van der Waals surface area contributed by atoms with Crippen LogP contribution in [0.15, 0.2) is 0 Å². The maximum absolute atomic E-state index is 5.56. The number of nitrogens with one attached hydrogen (secondary N) is 1. The molecule has 0 spiro atoms. The van der Waals surface area contributed by atoms with Crippen molar-refractivity contribution in [2.75, 3.05) is 6.61 Å². The van der Waals surface area contributed by atoms with Crippen LogP contribution in [0.3, 0.4) is 0 Å².